The lowest BCUT2D eigenvalue weighted by Gasteiger charge is -2.32. The van der Waals surface area contributed by atoms with Crippen LogP contribution in [0.5, 0.6) is 11.5 Å². The molecule has 0 bridgehead atoms. The van der Waals surface area contributed by atoms with Gasteiger partial charge in [-0.1, -0.05) is 33.8 Å². The molecule has 0 aromatic heterocycles. The Balaban J connectivity index is 3.09. The van der Waals surface area contributed by atoms with Crippen LogP contribution in [0.1, 0.15) is 66.4 Å². The Morgan fingerprint density at radius 2 is 1.67 bits per heavy atom. The first-order valence-corrected chi connectivity index (χ1v) is 14.7. The van der Waals surface area contributed by atoms with E-state index in [0.29, 0.717) is 37.6 Å². The van der Waals surface area contributed by atoms with E-state index in [1.165, 1.54) is 0 Å². The number of aliphatic hydroxyl groups is 1. The maximum absolute atomic E-state index is 13.1. The van der Waals surface area contributed by atoms with E-state index in [1.54, 1.807) is 28.1 Å². The van der Waals surface area contributed by atoms with Crippen LogP contribution < -0.4 is 25.8 Å². The number of rotatable bonds is 20. The molecule has 1 aromatic carbocycles. The third-order valence-corrected chi connectivity index (χ3v) is 7.76. The van der Waals surface area contributed by atoms with Crippen molar-refractivity contribution in [3.63, 3.8) is 0 Å². The Kier molecular flexibility index (Phi) is 15.7. The minimum Gasteiger partial charge on any atom is -0.493 e. The fourth-order valence-corrected chi connectivity index (χ4v) is 4.67. The Hall–Kier alpha value is -3.05. The second-order valence-corrected chi connectivity index (χ2v) is 12.3. The Bertz CT molecular complexity index is 998. The molecule has 0 radical (unpaired) electrons. The topological polar surface area (TPSA) is 169 Å². The first kappa shape index (κ1) is 37.0. The number of carboxylic acid groups (broad SMARTS) is 1. The summed E-state index contributed by atoms with van der Waals surface area (Å²) in [5.41, 5.74) is 5.50. The van der Waals surface area contributed by atoms with Crippen LogP contribution in [0.2, 0.25) is 0 Å². The van der Waals surface area contributed by atoms with Crippen LogP contribution in [0.4, 0.5) is 4.79 Å². The van der Waals surface area contributed by atoms with Crippen LogP contribution >= 0.6 is 0 Å². The van der Waals surface area contributed by atoms with E-state index in [2.05, 4.69) is 24.5 Å². The zero-order valence-corrected chi connectivity index (χ0v) is 26.6. The number of ether oxygens (including phenoxy) is 3. The van der Waals surface area contributed by atoms with E-state index in [9.17, 15) is 24.6 Å². The number of nitrogens with two attached hydrogens (primary N) is 1. The van der Waals surface area contributed by atoms with Gasteiger partial charge in [0.15, 0.2) is 11.5 Å². The molecule has 0 saturated carbocycles. The zero-order chi connectivity index (χ0) is 32.0. The molecule has 0 fully saturated rings. The van der Waals surface area contributed by atoms with Crippen LogP contribution in [0.15, 0.2) is 18.2 Å². The van der Waals surface area contributed by atoms with E-state index in [4.69, 9.17) is 19.9 Å². The van der Waals surface area contributed by atoms with E-state index in [1.807, 2.05) is 32.0 Å². The lowest BCUT2D eigenvalue weighted by molar-refractivity contribution is -0.130. The highest BCUT2D eigenvalue weighted by Crippen LogP contribution is 2.32. The lowest BCUT2D eigenvalue weighted by Crippen LogP contribution is -2.48. The van der Waals surface area contributed by atoms with E-state index < -0.39 is 35.5 Å². The summed E-state index contributed by atoms with van der Waals surface area (Å²) in [4.78, 5) is 36.5. The van der Waals surface area contributed by atoms with Crippen molar-refractivity contribution in [1.29, 1.82) is 0 Å². The molecule has 240 valence electrons. The molecule has 0 spiro atoms. The normalized spacial score (nSPS) is 14.6. The van der Waals surface area contributed by atoms with Crippen molar-refractivity contribution < 1.29 is 38.8 Å². The predicted molar refractivity (Wildman–Crippen MR) is 162 cm³/mol. The Morgan fingerprint density at radius 1 is 1.00 bits per heavy atom. The number of carbonyl (C=O) groups is 3. The van der Waals surface area contributed by atoms with Crippen LogP contribution in [0, 0.1) is 29.1 Å². The Morgan fingerprint density at radius 3 is 2.19 bits per heavy atom. The van der Waals surface area contributed by atoms with Crippen molar-refractivity contribution in [2.24, 2.45) is 34.8 Å². The van der Waals surface area contributed by atoms with Crippen molar-refractivity contribution >= 4 is 17.9 Å². The third-order valence-electron chi connectivity index (χ3n) is 7.76. The summed E-state index contributed by atoms with van der Waals surface area (Å²) in [6, 6.07) is 4.95. The van der Waals surface area contributed by atoms with Gasteiger partial charge in [-0.2, -0.15) is 0 Å². The quantitative estimate of drug-likeness (QED) is 0.142. The molecule has 0 aliphatic heterocycles. The van der Waals surface area contributed by atoms with Gasteiger partial charge >= 0.3 is 6.09 Å². The monoisotopic (exact) mass is 595 g/mol. The summed E-state index contributed by atoms with van der Waals surface area (Å²) in [5, 5.41) is 26.1. The van der Waals surface area contributed by atoms with Gasteiger partial charge in [0.05, 0.1) is 31.3 Å². The van der Waals surface area contributed by atoms with Crippen molar-refractivity contribution in [3.05, 3.63) is 23.8 Å². The predicted octanol–water partition coefficient (Wildman–Crippen LogP) is 3.60. The van der Waals surface area contributed by atoms with Crippen LogP contribution in [-0.2, 0) is 20.7 Å². The van der Waals surface area contributed by atoms with Gasteiger partial charge in [-0.05, 0) is 68.6 Å². The largest absolute Gasteiger partial charge is 0.493 e. The minimum absolute atomic E-state index is 0.00827. The summed E-state index contributed by atoms with van der Waals surface area (Å²) in [7, 11) is 3.22. The zero-order valence-electron chi connectivity index (χ0n) is 26.6. The van der Waals surface area contributed by atoms with Crippen LogP contribution in [0.3, 0.4) is 0 Å². The molecule has 0 heterocycles. The fourth-order valence-electron chi connectivity index (χ4n) is 4.67. The number of methoxy groups -OCH3 is 2. The molecule has 6 N–H and O–H groups in total. The molecule has 1 rings (SSSR count). The summed E-state index contributed by atoms with van der Waals surface area (Å²) >= 11 is 0. The van der Waals surface area contributed by atoms with Gasteiger partial charge in [-0.15, -0.1) is 0 Å². The molecule has 1 aromatic rings. The number of benzene rings is 1. The minimum atomic E-state index is -1.24. The second kappa shape index (κ2) is 17.8. The van der Waals surface area contributed by atoms with Crippen LogP contribution in [-0.4, -0.2) is 74.2 Å². The number of hydrogen-bond donors (Lipinski definition) is 5. The lowest BCUT2D eigenvalue weighted by atomic mass is 9.80. The van der Waals surface area contributed by atoms with Gasteiger partial charge in [0.2, 0.25) is 11.8 Å². The van der Waals surface area contributed by atoms with Crippen LogP contribution in [0.25, 0.3) is 0 Å². The molecule has 0 aliphatic carbocycles. The van der Waals surface area contributed by atoms with Gasteiger partial charge < -0.3 is 40.8 Å². The van der Waals surface area contributed by atoms with Gasteiger partial charge in [0.1, 0.15) is 0 Å². The number of carbonyl (C=O) groups excluding carboxylic acids is 2. The maximum Gasteiger partial charge on any atom is 0.404 e. The first-order chi connectivity index (χ1) is 19.6. The second-order valence-electron chi connectivity index (χ2n) is 12.3. The number of hydrogen-bond acceptors (Lipinski definition) is 7. The summed E-state index contributed by atoms with van der Waals surface area (Å²) in [5.74, 6) is -0.157. The standard InChI is InChI=1S/C31H53N3O8/c1-19(2)22(14-21-10-11-26(41-8)27(15-21)42-13-9-12-40-7)16-24(34-30(38)39)25(35)17-23(20(3)4)28(36)33-18-31(5,6)29(32)37/h10-11,15,19-20,22-25,34-35H,9,12-14,16-18H2,1-8H3,(H2,32,37)(H,33,36)(H,38,39)/t22-,23+,24+,25-/m1/s1. The third kappa shape index (κ3) is 12.4. The molecular formula is C31H53N3O8. The number of nitrogens with one attached hydrogen (secondary N) is 2. The highest BCUT2D eigenvalue weighted by molar-refractivity contribution is 5.83. The smallest absolute Gasteiger partial charge is 0.404 e. The first-order valence-electron chi connectivity index (χ1n) is 14.7. The summed E-state index contributed by atoms with van der Waals surface area (Å²) < 4.78 is 16.5. The van der Waals surface area contributed by atoms with Crippen molar-refractivity contribution in [1.82, 2.24) is 10.6 Å². The fraction of sp³-hybridized carbons (Fsp3) is 0.710. The molecule has 0 aliphatic rings. The van der Waals surface area contributed by atoms with Gasteiger partial charge in [0.25, 0.3) is 0 Å². The average Bonchev–Trinajstić information content (AvgIpc) is 2.91. The van der Waals surface area contributed by atoms with Crippen molar-refractivity contribution in [2.45, 2.75) is 79.4 Å². The highest BCUT2D eigenvalue weighted by Gasteiger charge is 2.33. The van der Waals surface area contributed by atoms with E-state index >= 15 is 0 Å². The molecule has 42 heavy (non-hydrogen) atoms. The molecule has 11 heteroatoms. The Labute approximate surface area is 250 Å². The van der Waals surface area contributed by atoms with Crippen molar-refractivity contribution in [3.8, 4) is 11.5 Å². The highest BCUT2D eigenvalue weighted by atomic mass is 16.5. The number of amides is 3. The summed E-state index contributed by atoms with van der Waals surface area (Å²) in [6.45, 7) is 12.3. The van der Waals surface area contributed by atoms with Gasteiger partial charge in [0, 0.05) is 32.6 Å². The SMILES string of the molecule is COCCCOc1cc(C[C@H](C[C@H](NC(=O)O)[C@H](O)C[C@H](C(=O)NCC(C)(C)C(N)=O)C(C)C)C(C)C)ccc1OC. The van der Waals surface area contributed by atoms with Crippen molar-refractivity contribution in [2.75, 3.05) is 34.0 Å². The molecular weight excluding hydrogens is 542 g/mol. The number of primary amides is 1. The van der Waals surface area contributed by atoms with Gasteiger partial charge in [-0.3, -0.25) is 9.59 Å². The maximum atomic E-state index is 13.1. The van der Waals surface area contributed by atoms with E-state index in [-0.39, 0.29) is 36.6 Å². The molecule has 4 atom stereocenters. The average molecular weight is 596 g/mol. The van der Waals surface area contributed by atoms with Gasteiger partial charge in [-0.25, -0.2) is 4.79 Å². The molecule has 0 unspecified atom stereocenters. The number of aliphatic hydroxyl groups excluding tert-OH is 1. The molecule has 0 saturated heterocycles. The summed E-state index contributed by atoms with van der Waals surface area (Å²) in [6.07, 6.45) is -0.582. The molecule has 3 amide bonds. The molecule has 11 nitrogen and oxygen atoms in total. The van der Waals surface area contributed by atoms with E-state index in [0.717, 1.165) is 12.0 Å².